The minimum atomic E-state index is -0.661. The summed E-state index contributed by atoms with van der Waals surface area (Å²) in [6, 6.07) is 6.80. The number of hydrogen-bond donors (Lipinski definition) is 1. The van der Waals surface area contributed by atoms with Crippen LogP contribution in [0.3, 0.4) is 0 Å². The Balaban J connectivity index is 3.33. The van der Waals surface area contributed by atoms with E-state index in [2.05, 4.69) is 59.7 Å². The Kier molecular flexibility index (Phi) is 4.22. The van der Waals surface area contributed by atoms with Gasteiger partial charge in [0.25, 0.3) is 0 Å². The van der Waals surface area contributed by atoms with Gasteiger partial charge in [0.1, 0.15) is 0 Å². The molecule has 19 heavy (non-hydrogen) atoms. The zero-order valence-corrected chi connectivity index (χ0v) is 13.9. The zero-order valence-electron chi connectivity index (χ0n) is 13.9. The van der Waals surface area contributed by atoms with Crippen molar-refractivity contribution in [3.8, 4) is 0 Å². The lowest BCUT2D eigenvalue weighted by molar-refractivity contribution is 0.0809. The van der Waals surface area contributed by atoms with E-state index in [1.807, 2.05) is 13.8 Å². The van der Waals surface area contributed by atoms with E-state index in [0.29, 0.717) is 6.42 Å². The van der Waals surface area contributed by atoms with Crippen LogP contribution in [0.4, 0.5) is 0 Å². The second-order valence-corrected chi connectivity index (χ2v) is 8.41. The summed E-state index contributed by atoms with van der Waals surface area (Å²) in [6.45, 7) is 17.2. The molecule has 1 aromatic carbocycles. The predicted octanol–water partition coefficient (Wildman–Crippen LogP) is 4.60. The maximum absolute atomic E-state index is 10.1. The lowest BCUT2D eigenvalue weighted by Crippen LogP contribution is -2.23. The van der Waals surface area contributed by atoms with E-state index >= 15 is 0 Å². The molecule has 0 saturated heterocycles. The zero-order chi connectivity index (χ0) is 15.1. The van der Waals surface area contributed by atoms with E-state index in [-0.39, 0.29) is 10.8 Å². The summed E-state index contributed by atoms with van der Waals surface area (Å²) in [6.07, 6.45) is 0.694. The van der Waals surface area contributed by atoms with Gasteiger partial charge in [0.2, 0.25) is 0 Å². The van der Waals surface area contributed by atoms with Gasteiger partial charge in [0, 0.05) is 6.42 Å². The molecule has 0 aliphatic rings. The molecule has 1 rings (SSSR count). The van der Waals surface area contributed by atoms with Gasteiger partial charge in [0.05, 0.1) is 5.60 Å². The molecule has 1 aromatic rings. The highest BCUT2D eigenvalue weighted by molar-refractivity contribution is 5.37. The van der Waals surface area contributed by atoms with Crippen LogP contribution >= 0.6 is 0 Å². The van der Waals surface area contributed by atoms with Gasteiger partial charge in [-0.2, -0.15) is 0 Å². The first kappa shape index (κ1) is 16.2. The average Bonchev–Trinajstić information content (AvgIpc) is 2.11. The molecule has 0 radical (unpaired) electrons. The van der Waals surface area contributed by atoms with Crippen LogP contribution in [0.2, 0.25) is 0 Å². The van der Waals surface area contributed by atoms with Crippen molar-refractivity contribution in [3.05, 3.63) is 34.9 Å². The summed E-state index contributed by atoms with van der Waals surface area (Å²) in [5.74, 6) is 0. The van der Waals surface area contributed by atoms with Crippen LogP contribution in [-0.4, -0.2) is 10.7 Å². The first-order valence-corrected chi connectivity index (χ1v) is 7.16. The molecule has 0 atom stereocenters. The molecule has 0 heterocycles. The first-order chi connectivity index (χ1) is 8.29. The number of rotatable bonds is 2. The van der Waals surface area contributed by atoms with Gasteiger partial charge in [-0.1, -0.05) is 59.7 Å². The fourth-order valence-electron chi connectivity index (χ4n) is 2.16. The summed E-state index contributed by atoms with van der Waals surface area (Å²) in [4.78, 5) is 0. The molecular weight excluding hydrogens is 232 g/mol. The van der Waals surface area contributed by atoms with E-state index in [4.69, 9.17) is 0 Å². The van der Waals surface area contributed by atoms with Crippen LogP contribution in [0.15, 0.2) is 18.2 Å². The third-order valence-corrected chi connectivity index (χ3v) is 3.36. The number of hydrogen-bond acceptors (Lipinski definition) is 1. The van der Waals surface area contributed by atoms with Gasteiger partial charge in [-0.25, -0.2) is 0 Å². The smallest absolute Gasteiger partial charge is 0.0631 e. The molecule has 0 aliphatic heterocycles. The summed E-state index contributed by atoms with van der Waals surface area (Å²) >= 11 is 0. The Morgan fingerprint density at radius 2 is 1.11 bits per heavy atom. The SMILES string of the molecule is CC(C)(O)Cc1cc(C(C)(C)C)cc(C(C)(C)C)c1. The fraction of sp³-hybridized carbons (Fsp3) is 0.667. The highest BCUT2D eigenvalue weighted by Gasteiger charge is 2.22. The van der Waals surface area contributed by atoms with E-state index in [1.54, 1.807) is 0 Å². The molecule has 108 valence electrons. The number of benzene rings is 1. The van der Waals surface area contributed by atoms with Crippen LogP contribution < -0.4 is 0 Å². The summed E-state index contributed by atoms with van der Waals surface area (Å²) in [5, 5.41) is 10.1. The summed E-state index contributed by atoms with van der Waals surface area (Å²) < 4.78 is 0. The van der Waals surface area contributed by atoms with Crippen molar-refractivity contribution in [1.82, 2.24) is 0 Å². The predicted molar refractivity (Wildman–Crippen MR) is 83.8 cm³/mol. The maximum atomic E-state index is 10.1. The monoisotopic (exact) mass is 262 g/mol. The van der Waals surface area contributed by atoms with Crippen molar-refractivity contribution in [3.63, 3.8) is 0 Å². The highest BCUT2D eigenvalue weighted by Crippen LogP contribution is 2.31. The van der Waals surface area contributed by atoms with E-state index in [0.717, 1.165) is 0 Å². The summed E-state index contributed by atoms with van der Waals surface area (Å²) in [5.41, 5.74) is 3.53. The van der Waals surface area contributed by atoms with Gasteiger partial charge < -0.3 is 5.11 Å². The molecule has 0 saturated carbocycles. The molecule has 0 aliphatic carbocycles. The van der Waals surface area contributed by atoms with Crippen molar-refractivity contribution in [2.45, 2.75) is 78.2 Å². The molecule has 1 N–H and O–H groups in total. The standard InChI is InChI=1S/C18H30O/c1-16(2,3)14-9-13(12-18(7,8)19)10-15(11-14)17(4,5)6/h9-11,19H,12H2,1-8H3. The van der Waals surface area contributed by atoms with Crippen molar-refractivity contribution in [2.75, 3.05) is 0 Å². The van der Waals surface area contributed by atoms with E-state index in [9.17, 15) is 5.11 Å². The van der Waals surface area contributed by atoms with Gasteiger partial charge in [-0.05, 0) is 41.4 Å². The molecule has 0 amide bonds. The molecular formula is C18H30O. The third-order valence-electron chi connectivity index (χ3n) is 3.36. The van der Waals surface area contributed by atoms with E-state index in [1.165, 1.54) is 16.7 Å². The Labute approximate surface area is 119 Å². The molecule has 1 nitrogen and oxygen atoms in total. The molecule has 0 unspecified atom stereocenters. The lowest BCUT2D eigenvalue weighted by atomic mass is 9.78. The van der Waals surface area contributed by atoms with Crippen LogP contribution in [-0.2, 0) is 17.3 Å². The normalized spacial score (nSPS) is 13.7. The second kappa shape index (κ2) is 4.94. The maximum Gasteiger partial charge on any atom is 0.0631 e. The molecule has 1 heteroatoms. The average molecular weight is 262 g/mol. The van der Waals surface area contributed by atoms with Crippen molar-refractivity contribution in [1.29, 1.82) is 0 Å². The Morgan fingerprint density at radius 3 is 1.37 bits per heavy atom. The molecule has 0 fully saturated rings. The first-order valence-electron chi connectivity index (χ1n) is 7.16. The van der Waals surface area contributed by atoms with Gasteiger partial charge in [-0.3, -0.25) is 0 Å². The van der Waals surface area contributed by atoms with Crippen molar-refractivity contribution in [2.24, 2.45) is 0 Å². The highest BCUT2D eigenvalue weighted by atomic mass is 16.3. The number of aliphatic hydroxyl groups is 1. The van der Waals surface area contributed by atoms with Crippen LogP contribution in [0.1, 0.15) is 72.1 Å². The minimum absolute atomic E-state index is 0.135. The minimum Gasteiger partial charge on any atom is -0.390 e. The Bertz CT molecular complexity index is 404. The van der Waals surface area contributed by atoms with Gasteiger partial charge >= 0.3 is 0 Å². The molecule has 0 spiro atoms. The Hall–Kier alpha value is -0.820. The summed E-state index contributed by atoms with van der Waals surface area (Å²) in [7, 11) is 0. The van der Waals surface area contributed by atoms with Crippen molar-refractivity contribution < 1.29 is 5.11 Å². The largest absolute Gasteiger partial charge is 0.390 e. The Morgan fingerprint density at radius 1 is 0.737 bits per heavy atom. The van der Waals surface area contributed by atoms with Crippen LogP contribution in [0, 0.1) is 0 Å². The van der Waals surface area contributed by atoms with Gasteiger partial charge in [0.15, 0.2) is 0 Å². The fourth-order valence-corrected chi connectivity index (χ4v) is 2.16. The van der Waals surface area contributed by atoms with Crippen molar-refractivity contribution >= 4 is 0 Å². The third kappa shape index (κ3) is 4.99. The topological polar surface area (TPSA) is 20.2 Å². The van der Waals surface area contributed by atoms with Gasteiger partial charge in [-0.15, -0.1) is 0 Å². The molecule has 0 aromatic heterocycles. The quantitative estimate of drug-likeness (QED) is 0.826. The van der Waals surface area contributed by atoms with Crippen LogP contribution in [0.25, 0.3) is 0 Å². The molecule has 0 bridgehead atoms. The second-order valence-electron chi connectivity index (χ2n) is 8.41. The lowest BCUT2D eigenvalue weighted by Gasteiger charge is -2.27. The van der Waals surface area contributed by atoms with Crippen LogP contribution in [0.5, 0.6) is 0 Å². The van der Waals surface area contributed by atoms with E-state index < -0.39 is 5.60 Å².